The van der Waals surface area contributed by atoms with E-state index < -0.39 is 18.1 Å². The molecule has 7 nitrogen and oxygen atoms in total. The molecule has 1 aliphatic rings. The number of carboxylic acids is 1. The summed E-state index contributed by atoms with van der Waals surface area (Å²) in [5, 5.41) is 12.6. The Morgan fingerprint density at radius 3 is 2.54 bits per heavy atom. The number of halogens is 2. The van der Waals surface area contributed by atoms with Gasteiger partial charge in [0.2, 0.25) is 11.8 Å². The van der Waals surface area contributed by atoms with Crippen molar-refractivity contribution in [1.82, 2.24) is 10.2 Å². The number of carbonyl (C=O) groups is 3. The number of nitrogen functional groups attached to an aromatic ring is 1. The second-order valence-electron chi connectivity index (χ2n) is 5.84. The molecule has 26 heavy (non-hydrogen) atoms. The fourth-order valence-corrected chi connectivity index (χ4v) is 2.85. The third kappa shape index (κ3) is 6.38. The van der Waals surface area contributed by atoms with Crippen LogP contribution >= 0.6 is 23.2 Å². The first kappa shape index (κ1) is 22.1. The molecule has 1 aromatic carbocycles. The first-order valence-electron chi connectivity index (χ1n) is 8.20. The molecule has 144 valence electrons. The predicted molar refractivity (Wildman–Crippen MR) is 101 cm³/mol. The molecule has 4 N–H and O–H groups in total. The maximum Gasteiger partial charge on any atom is 0.326 e. The molecule has 9 heteroatoms. The number of hydrogen-bond donors (Lipinski definition) is 3. The molecule has 0 spiro atoms. The van der Waals surface area contributed by atoms with Crippen LogP contribution in [0.5, 0.6) is 0 Å². The lowest BCUT2D eigenvalue weighted by Gasteiger charge is -2.25. The lowest BCUT2D eigenvalue weighted by atomic mass is 10.2. The maximum absolute atomic E-state index is 12.0. The second-order valence-corrected chi connectivity index (χ2v) is 6.68. The highest BCUT2D eigenvalue weighted by atomic mass is 35.5. The molecule has 1 saturated heterocycles. The summed E-state index contributed by atoms with van der Waals surface area (Å²) in [5.41, 5.74) is 5.95. The van der Waals surface area contributed by atoms with Crippen molar-refractivity contribution >= 4 is 46.7 Å². The zero-order valence-corrected chi connectivity index (χ0v) is 16.2. The molecule has 1 fully saturated rings. The third-order valence-corrected chi connectivity index (χ3v) is 4.41. The highest BCUT2D eigenvalue weighted by Crippen LogP contribution is 2.22. The van der Waals surface area contributed by atoms with Crippen LogP contribution in [0.4, 0.5) is 5.69 Å². The molecular weight excluding hydrogens is 381 g/mol. The number of likely N-dealkylation sites (tertiary alicyclic amines) is 1. The molecule has 0 bridgehead atoms. The van der Waals surface area contributed by atoms with Gasteiger partial charge in [-0.1, -0.05) is 30.1 Å². The fourth-order valence-electron chi connectivity index (χ4n) is 2.44. The number of rotatable bonds is 4. The Kier molecular flexibility index (Phi) is 8.68. The number of nitrogens with one attached hydrogen (secondary N) is 1. The summed E-state index contributed by atoms with van der Waals surface area (Å²) in [5.74, 6) is -1.52. The summed E-state index contributed by atoms with van der Waals surface area (Å²) in [6.45, 7) is 3.72. The van der Waals surface area contributed by atoms with Crippen molar-refractivity contribution in [3.05, 3.63) is 28.2 Å². The number of amides is 2. The van der Waals surface area contributed by atoms with E-state index in [1.54, 1.807) is 32.0 Å². The summed E-state index contributed by atoms with van der Waals surface area (Å²) in [6.07, 6.45) is 1.48. The average molecular weight is 404 g/mol. The maximum atomic E-state index is 12.0. The number of nitrogens with two attached hydrogens (primary N) is 1. The van der Waals surface area contributed by atoms with E-state index in [9.17, 15) is 14.4 Å². The van der Waals surface area contributed by atoms with Gasteiger partial charge in [-0.25, -0.2) is 4.79 Å². The predicted octanol–water partition coefficient (Wildman–Crippen LogP) is 2.55. The SMILES string of the molecule is CCC(=O)N[C@@H](C)C(=O)N1CCC[C@H]1C(=O)O.Nc1ccc(Cl)cc1Cl. The molecule has 2 rings (SSSR count). The number of carbonyl (C=O) groups excluding carboxylic acids is 2. The van der Waals surface area contributed by atoms with E-state index >= 15 is 0 Å². The van der Waals surface area contributed by atoms with Gasteiger partial charge in [0, 0.05) is 18.0 Å². The normalized spacial score (nSPS) is 17.1. The Bertz CT molecular complexity index is 669. The quantitative estimate of drug-likeness (QED) is 0.668. The van der Waals surface area contributed by atoms with E-state index in [0.717, 1.165) is 0 Å². The van der Waals surface area contributed by atoms with Crippen molar-refractivity contribution in [1.29, 1.82) is 0 Å². The van der Waals surface area contributed by atoms with Crippen LogP contribution in [0.3, 0.4) is 0 Å². The van der Waals surface area contributed by atoms with Gasteiger partial charge >= 0.3 is 5.97 Å². The lowest BCUT2D eigenvalue weighted by molar-refractivity contribution is -0.149. The Balaban J connectivity index is 0.000000314. The van der Waals surface area contributed by atoms with Gasteiger partial charge in [-0.15, -0.1) is 0 Å². The van der Waals surface area contributed by atoms with Crippen molar-refractivity contribution in [3.8, 4) is 0 Å². The largest absolute Gasteiger partial charge is 0.480 e. The summed E-state index contributed by atoms with van der Waals surface area (Å²) >= 11 is 11.2. The fraction of sp³-hybridized carbons (Fsp3) is 0.471. The summed E-state index contributed by atoms with van der Waals surface area (Å²) < 4.78 is 0. The molecule has 0 aromatic heterocycles. The van der Waals surface area contributed by atoms with Crippen LogP contribution in [-0.4, -0.2) is 46.4 Å². The van der Waals surface area contributed by atoms with Crippen LogP contribution in [0.15, 0.2) is 18.2 Å². The van der Waals surface area contributed by atoms with E-state index in [1.165, 1.54) is 4.90 Å². The van der Waals surface area contributed by atoms with E-state index in [1.807, 2.05) is 0 Å². The molecule has 1 aliphatic heterocycles. The lowest BCUT2D eigenvalue weighted by Crippen LogP contribution is -2.50. The van der Waals surface area contributed by atoms with E-state index in [4.69, 9.17) is 34.0 Å². The van der Waals surface area contributed by atoms with Crippen molar-refractivity contribution in [3.63, 3.8) is 0 Å². The van der Waals surface area contributed by atoms with E-state index in [0.29, 0.717) is 41.5 Å². The van der Waals surface area contributed by atoms with Crippen LogP contribution in [0, 0.1) is 0 Å². The molecule has 2 amide bonds. The summed E-state index contributed by atoms with van der Waals surface area (Å²) in [7, 11) is 0. The molecule has 1 aromatic rings. The summed E-state index contributed by atoms with van der Waals surface area (Å²) in [4.78, 5) is 35.4. The molecular formula is C17H23Cl2N3O4. The molecule has 0 unspecified atom stereocenters. The number of anilines is 1. The highest BCUT2D eigenvalue weighted by molar-refractivity contribution is 6.36. The Morgan fingerprint density at radius 1 is 1.38 bits per heavy atom. The van der Waals surface area contributed by atoms with Gasteiger partial charge in [0.05, 0.1) is 10.7 Å². The van der Waals surface area contributed by atoms with Gasteiger partial charge in [-0.3, -0.25) is 9.59 Å². The number of benzene rings is 1. The molecule has 1 heterocycles. The van der Waals surface area contributed by atoms with Gasteiger partial charge in [0.1, 0.15) is 12.1 Å². The standard InChI is InChI=1S/C11H18N2O4.C6H5Cl2N/c1-3-9(14)12-7(2)10(15)13-6-4-5-8(13)11(16)17;7-4-1-2-6(9)5(8)3-4/h7-8H,3-6H2,1-2H3,(H,12,14)(H,16,17);1-3H,9H2/t7-,8-;/m0./s1. The van der Waals surface area contributed by atoms with Gasteiger partial charge in [-0.2, -0.15) is 0 Å². The minimum Gasteiger partial charge on any atom is -0.480 e. The average Bonchev–Trinajstić information content (AvgIpc) is 3.08. The first-order chi connectivity index (χ1) is 12.2. The van der Waals surface area contributed by atoms with Crippen LogP contribution in [0.1, 0.15) is 33.1 Å². The van der Waals surface area contributed by atoms with Crippen molar-refractivity contribution in [2.75, 3.05) is 12.3 Å². The smallest absolute Gasteiger partial charge is 0.326 e. The number of carboxylic acid groups (broad SMARTS) is 1. The monoisotopic (exact) mass is 403 g/mol. The minimum atomic E-state index is -0.982. The Labute approximate surface area is 162 Å². The van der Waals surface area contributed by atoms with E-state index in [-0.39, 0.29) is 11.8 Å². The van der Waals surface area contributed by atoms with Crippen molar-refractivity contribution in [2.24, 2.45) is 0 Å². The van der Waals surface area contributed by atoms with Crippen molar-refractivity contribution < 1.29 is 19.5 Å². The van der Waals surface area contributed by atoms with Gasteiger partial charge < -0.3 is 21.1 Å². The highest BCUT2D eigenvalue weighted by Gasteiger charge is 2.35. The number of aliphatic carboxylic acids is 1. The van der Waals surface area contributed by atoms with Gasteiger partial charge in [0.15, 0.2) is 0 Å². The topological polar surface area (TPSA) is 113 Å². The number of hydrogen-bond acceptors (Lipinski definition) is 4. The van der Waals surface area contributed by atoms with Crippen LogP contribution < -0.4 is 11.1 Å². The summed E-state index contributed by atoms with van der Waals surface area (Å²) in [6, 6.07) is 3.57. The molecule has 0 saturated carbocycles. The van der Waals surface area contributed by atoms with Crippen LogP contribution in [0.2, 0.25) is 10.0 Å². The first-order valence-corrected chi connectivity index (χ1v) is 8.96. The van der Waals surface area contributed by atoms with Gasteiger partial charge in [-0.05, 0) is 38.0 Å². The number of nitrogens with zero attached hydrogens (tertiary/aromatic N) is 1. The second kappa shape index (κ2) is 10.2. The van der Waals surface area contributed by atoms with Crippen molar-refractivity contribution in [2.45, 2.75) is 45.2 Å². The molecule has 0 radical (unpaired) electrons. The third-order valence-electron chi connectivity index (χ3n) is 3.85. The molecule has 2 atom stereocenters. The van der Waals surface area contributed by atoms with Crippen LogP contribution in [0.25, 0.3) is 0 Å². The zero-order chi connectivity index (χ0) is 19.9. The van der Waals surface area contributed by atoms with Gasteiger partial charge in [0.25, 0.3) is 0 Å². The zero-order valence-electron chi connectivity index (χ0n) is 14.7. The Hall–Kier alpha value is -1.99. The van der Waals surface area contributed by atoms with Crippen LogP contribution in [-0.2, 0) is 14.4 Å². The minimum absolute atomic E-state index is 0.211. The Morgan fingerprint density at radius 2 is 2.04 bits per heavy atom. The van der Waals surface area contributed by atoms with E-state index in [2.05, 4.69) is 5.32 Å². The molecule has 0 aliphatic carbocycles.